The van der Waals surface area contributed by atoms with E-state index in [2.05, 4.69) is 5.32 Å². The van der Waals surface area contributed by atoms with Crippen LogP contribution >= 0.6 is 12.2 Å². The number of para-hydroxylation sites is 1. The number of nitrogens with one attached hydrogen (secondary N) is 1. The van der Waals surface area contributed by atoms with Crippen LogP contribution in [0.3, 0.4) is 0 Å². The first-order valence-electron chi connectivity index (χ1n) is 7.74. The summed E-state index contributed by atoms with van der Waals surface area (Å²) in [6, 6.07) is 20.0. The van der Waals surface area contributed by atoms with Crippen molar-refractivity contribution in [3.05, 3.63) is 83.8 Å². The molecule has 0 saturated carbocycles. The van der Waals surface area contributed by atoms with E-state index in [-0.39, 0.29) is 16.7 Å². The fourth-order valence-electron chi connectivity index (χ4n) is 2.85. The molecule has 0 unspecified atom stereocenters. The molecule has 1 N–H and O–H groups in total. The van der Waals surface area contributed by atoms with Gasteiger partial charge in [-0.2, -0.15) is 0 Å². The number of hydrogen-bond acceptors (Lipinski definition) is 2. The maximum atomic E-state index is 14.0. The molecule has 5 heteroatoms. The number of thiocarbonyl (C=S) groups is 1. The van der Waals surface area contributed by atoms with Gasteiger partial charge in [-0.25, -0.2) is 9.29 Å². The van der Waals surface area contributed by atoms with Gasteiger partial charge >= 0.3 is 0 Å². The van der Waals surface area contributed by atoms with Crippen LogP contribution in [-0.4, -0.2) is 11.0 Å². The number of amides is 1. The first kappa shape index (κ1) is 15.5. The first-order chi connectivity index (χ1) is 12.1. The number of nitrogens with zero attached hydrogens (tertiary/aromatic N) is 1. The number of halogens is 1. The van der Waals surface area contributed by atoms with E-state index >= 15 is 0 Å². The standard InChI is InChI=1S/C20H13FN2OS/c21-16-7-3-4-8-18(16)23-19(24)17(22-20(23)25)12-13-9-10-14-5-1-2-6-15(14)11-13/h1-12H,(H,22,25)/b17-12+. The Bertz CT molecular complexity index is 1040. The maximum Gasteiger partial charge on any atom is 0.281 e. The Balaban J connectivity index is 1.71. The van der Waals surface area contributed by atoms with Crippen LogP contribution in [0.1, 0.15) is 5.56 Å². The number of anilines is 1. The summed E-state index contributed by atoms with van der Waals surface area (Å²) in [7, 11) is 0. The van der Waals surface area contributed by atoms with Gasteiger partial charge in [-0.05, 0) is 52.8 Å². The van der Waals surface area contributed by atoms with Crippen molar-refractivity contribution in [3.8, 4) is 0 Å². The molecule has 1 aliphatic heterocycles. The van der Waals surface area contributed by atoms with Gasteiger partial charge in [0.25, 0.3) is 5.91 Å². The molecule has 25 heavy (non-hydrogen) atoms. The normalized spacial score (nSPS) is 15.9. The van der Waals surface area contributed by atoms with Crippen LogP contribution in [0.15, 0.2) is 72.4 Å². The van der Waals surface area contributed by atoms with Gasteiger partial charge in [-0.1, -0.05) is 48.5 Å². The van der Waals surface area contributed by atoms with Gasteiger partial charge in [0.1, 0.15) is 11.5 Å². The Hall–Kier alpha value is -3.05. The second-order valence-corrected chi connectivity index (χ2v) is 6.07. The Kier molecular flexibility index (Phi) is 3.78. The molecule has 0 aliphatic carbocycles. The van der Waals surface area contributed by atoms with Crippen molar-refractivity contribution < 1.29 is 9.18 Å². The second kappa shape index (κ2) is 6.11. The van der Waals surface area contributed by atoms with Crippen molar-refractivity contribution in [2.75, 3.05) is 4.90 Å². The molecule has 3 aromatic carbocycles. The highest BCUT2D eigenvalue weighted by molar-refractivity contribution is 7.80. The molecule has 0 atom stereocenters. The van der Waals surface area contributed by atoms with Crippen molar-refractivity contribution in [1.29, 1.82) is 0 Å². The van der Waals surface area contributed by atoms with Gasteiger partial charge < -0.3 is 5.32 Å². The van der Waals surface area contributed by atoms with Gasteiger partial charge in [0.2, 0.25) is 0 Å². The molecule has 0 spiro atoms. The number of carbonyl (C=O) groups excluding carboxylic acids is 1. The third-order valence-electron chi connectivity index (χ3n) is 4.06. The lowest BCUT2D eigenvalue weighted by atomic mass is 10.1. The molecular weight excluding hydrogens is 335 g/mol. The van der Waals surface area contributed by atoms with Gasteiger partial charge in [-0.3, -0.25) is 4.79 Å². The topological polar surface area (TPSA) is 32.3 Å². The maximum absolute atomic E-state index is 14.0. The second-order valence-electron chi connectivity index (χ2n) is 5.69. The molecular formula is C20H13FN2OS. The Morgan fingerprint density at radius 3 is 2.48 bits per heavy atom. The smallest absolute Gasteiger partial charge is 0.281 e. The van der Waals surface area contributed by atoms with Crippen LogP contribution in [0.4, 0.5) is 10.1 Å². The third-order valence-corrected chi connectivity index (χ3v) is 4.34. The molecule has 0 radical (unpaired) electrons. The SMILES string of the molecule is O=C1/C(=C\c2ccc3ccccc3c2)NC(=S)N1c1ccccc1F. The van der Waals surface area contributed by atoms with Crippen LogP contribution in [-0.2, 0) is 4.79 Å². The zero-order valence-corrected chi connectivity index (χ0v) is 13.9. The molecule has 0 bridgehead atoms. The van der Waals surface area contributed by atoms with E-state index in [1.54, 1.807) is 18.2 Å². The number of carbonyl (C=O) groups is 1. The summed E-state index contributed by atoms with van der Waals surface area (Å²) < 4.78 is 14.0. The number of benzene rings is 3. The van der Waals surface area contributed by atoms with E-state index < -0.39 is 5.82 Å². The molecule has 1 amide bonds. The average Bonchev–Trinajstić information content (AvgIpc) is 2.89. The number of rotatable bonds is 2. The fourth-order valence-corrected chi connectivity index (χ4v) is 3.14. The quantitative estimate of drug-likeness (QED) is 0.555. The Morgan fingerprint density at radius 1 is 0.960 bits per heavy atom. The highest BCUT2D eigenvalue weighted by atomic mass is 32.1. The minimum absolute atomic E-state index is 0.145. The summed E-state index contributed by atoms with van der Waals surface area (Å²) >= 11 is 5.22. The minimum atomic E-state index is -0.494. The van der Waals surface area contributed by atoms with E-state index in [1.165, 1.54) is 17.0 Å². The van der Waals surface area contributed by atoms with Crippen LogP contribution in [0.5, 0.6) is 0 Å². The summed E-state index contributed by atoms with van der Waals surface area (Å²) in [5.74, 6) is -0.866. The predicted octanol–water partition coefficient (Wildman–Crippen LogP) is 4.24. The first-order valence-corrected chi connectivity index (χ1v) is 8.15. The summed E-state index contributed by atoms with van der Waals surface area (Å²) in [6.45, 7) is 0. The fraction of sp³-hybridized carbons (Fsp3) is 0. The Labute approximate surface area is 149 Å². The van der Waals surface area contributed by atoms with E-state index in [0.717, 1.165) is 16.3 Å². The molecule has 3 aromatic rings. The van der Waals surface area contributed by atoms with Crippen LogP contribution < -0.4 is 10.2 Å². The predicted molar refractivity (Wildman–Crippen MR) is 102 cm³/mol. The largest absolute Gasteiger partial charge is 0.327 e. The third kappa shape index (κ3) is 2.79. The molecule has 1 heterocycles. The molecule has 0 aromatic heterocycles. The lowest BCUT2D eigenvalue weighted by Gasteiger charge is -2.14. The summed E-state index contributed by atoms with van der Waals surface area (Å²) in [6.07, 6.45) is 1.72. The summed E-state index contributed by atoms with van der Waals surface area (Å²) in [5, 5.41) is 5.25. The van der Waals surface area contributed by atoms with Crippen molar-refractivity contribution >= 4 is 45.8 Å². The number of hydrogen-bond donors (Lipinski definition) is 1. The zero-order chi connectivity index (χ0) is 17.4. The van der Waals surface area contributed by atoms with Gasteiger partial charge in [0, 0.05) is 0 Å². The lowest BCUT2D eigenvalue weighted by Crippen LogP contribution is -2.31. The van der Waals surface area contributed by atoms with Crippen molar-refractivity contribution in [1.82, 2.24) is 5.32 Å². The van der Waals surface area contributed by atoms with Gasteiger partial charge in [0.05, 0.1) is 5.69 Å². The number of fused-ring (bicyclic) bond motifs is 1. The molecule has 3 nitrogen and oxygen atoms in total. The van der Waals surface area contributed by atoms with Crippen molar-refractivity contribution in [2.45, 2.75) is 0 Å². The molecule has 122 valence electrons. The van der Waals surface area contributed by atoms with Crippen LogP contribution in [0, 0.1) is 5.82 Å². The molecule has 4 rings (SSSR count). The summed E-state index contributed by atoms with van der Waals surface area (Å²) in [5.41, 5.74) is 1.34. The van der Waals surface area contributed by atoms with E-state index in [0.29, 0.717) is 5.70 Å². The van der Waals surface area contributed by atoms with Crippen LogP contribution in [0.25, 0.3) is 16.8 Å². The van der Waals surface area contributed by atoms with Gasteiger partial charge in [0.15, 0.2) is 5.11 Å². The Morgan fingerprint density at radius 2 is 1.68 bits per heavy atom. The monoisotopic (exact) mass is 348 g/mol. The van der Waals surface area contributed by atoms with Gasteiger partial charge in [-0.15, -0.1) is 0 Å². The van der Waals surface area contributed by atoms with E-state index in [1.807, 2.05) is 42.5 Å². The van der Waals surface area contributed by atoms with Crippen molar-refractivity contribution in [2.24, 2.45) is 0 Å². The highest BCUT2D eigenvalue weighted by Gasteiger charge is 2.33. The average molecular weight is 348 g/mol. The minimum Gasteiger partial charge on any atom is -0.327 e. The van der Waals surface area contributed by atoms with Crippen LogP contribution in [0.2, 0.25) is 0 Å². The summed E-state index contributed by atoms with van der Waals surface area (Å²) in [4.78, 5) is 13.9. The van der Waals surface area contributed by atoms with E-state index in [9.17, 15) is 9.18 Å². The van der Waals surface area contributed by atoms with E-state index in [4.69, 9.17) is 12.2 Å². The zero-order valence-electron chi connectivity index (χ0n) is 13.1. The molecule has 1 fully saturated rings. The highest BCUT2D eigenvalue weighted by Crippen LogP contribution is 2.25. The lowest BCUT2D eigenvalue weighted by molar-refractivity contribution is -0.113. The molecule has 1 saturated heterocycles. The molecule has 1 aliphatic rings. The van der Waals surface area contributed by atoms with Crippen molar-refractivity contribution in [3.63, 3.8) is 0 Å².